The van der Waals surface area contributed by atoms with E-state index in [-0.39, 0.29) is 5.91 Å². The average Bonchev–Trinajstić information content (AvgIpc) is 3.24. The van der Waals surface area contributed by atoms with Gasteiger partial charge in [-0.05, 0) is 61.7 Å². The fourth-order valence-corrected chi connectivity index (χ4v) is 3.30. The normalized spacial score (nSPS) is 13.4. The van der Waals surface area contributed by atoms with Gasteiger partial charge >= 0.3 is 0 Å². The van der Waals surface area contributed by atoms with E-state index >= 15 is 0 Å². The lowest BCUT2D eigenvalue weighted by atomic mass is 10.2. The quantitative estimate of drug-likeness (QED) is 0.694. The Kier molecular flexibility index (Phi) is 5.19. The van der Waals surface area contributed by atoms with Crippen LogP contribution in [0.25, 0.3) is 0 Å². The van der Waals surface area contributed by atoms with Crippen molar-refractivity contribution in [2.24, 2.45) is 0 Å². The van der Waals surface area contributed by atoms with Crippen molar-refractivity contribution in [1.82, 2.24) is 9.97 Å². The highest BCUT2D eigenvalue weighted by Gasteiger charge is 2.12. The van der Waals surface area contributed by atoms with Crippen molar-refractivity contribution < 1.29 is 4.79 Å². The van der Waals surface area contributed by atoms with Crippen molar-refractivity contribution in [3.63, 3.8) is 0 Å². The first kappa shape index (κ1) is 18.0. The van der Waals surface area contributed by atoms with Crippen molar-refractivity contribution in [3.8, 4) is 0 Å². The van der Waals surface area contributed by atoms with Crippen molar-refractivity contribution in [2.75, 3.05) is 28.6 Å². The Bertz CT molecular complexity index is 947. The Balaban J connectivity index is 1.38. The number of anilines is 4. The molecule has 2 aromatic carbocycles. The maximum absolute atomic E-state index is 12.3. The SMILES string of the molecule is Cc1cccc(NC(=O)c2cnc(Nc3ccc(N4CCCC4)cc3)nc2)c1. The first-order valence-electron chi connectivity index (χ1n) is 9.49. The van der Waals surface area contributed by atoms with E-state index in [0.29, 0.717) is 11.5 Å². The van der Waals surface area contributed by atoms with Crippen LogP contribution in [0.1, 0.15) is 28.8 Å². The van der Waals surface area contributed by atoms with Crippen molar-refractivity contribution in [2.45, 2.75) is 19.8 Å². The second-order valence-corrected chi connectivity index (χ2v) is 6.98. The lowest BCUT2D eigenvalue weighted by molar-refractivity contribution is 0.102. The van der Waals surface area contributed by atoms with Crippen LogP contribution in [0.3, 0.4) is 0 Å². The maximum Gasteiger partial charge on any atom is 0.258 e. The van der Waals surface area contributed by atoms with E-state index in [4.69, 9.17) is 0 Å². The predicted octanol–water partition coefficient (Wildman–Crippen LogP) is 4.38. The number of amides is 1. The number of benzene rings is 2. The van der Waals surface area contributed by atoms with Crippen LogP contribution < -0.4 is 15.5 Å². The van der Waals surface area contributed by atoms with Gasteiger partial charge in [-0.2, -0.15) is 0 Å². The van der Waals surface area contributed by atoms with Crippen LogP contribution in [0.15, 0.2) is 60.9 Å². The summed E-state index contributed by atoms with van der Waals surface area (Å²) in [7, 11) is 0. The van der Waals surface area contributed by atoms with E-state index in [0.717, 1.165) is 30.0 Å². The number of hydrogen-bond acceptors (Lipinski definition) is 5. The van der Waals surface area contributed by atoms with Crippen LogP contribution in [0.5, 0.6) is 0 Å². The van der Waals surface area contributed by atoms with Gasteiger partial charge in [-0.1, -0.05) is 12.1 Å². The molecule has 0 unspecified atom stereocenters. The molecule has 0 spiro atoms. The first-order valence-corrected chi connectivity index (χ1v) is 9.49. The molecule has 1 amide bonds. The third-order valence-electron chi connectivity index (χ3n) is 4.78. The second-order valence-electron chi connectivity index (χ2n) is 6.98. The van der Waals surface area contributed by atoms with Gasteiger partial charge in [0.15, 0.2) is 0 Å². The van der Waals surface area contributed by atoms with Crippen LogP contribution in [0, 0.1) is 6.92 Å². The fourth-order valence-electron chi connectivity index (χ4n) is 3.30. The molecule has 1 saturated heterocycles. The van der Waals surface area contributed by atoms with Gasteiger partial charge < -0.3 is 15.5 Å². The number of nitrogens with one attached hydrogen (secondary N) is 2. The zero-order valence-corrected chi connectivity index (χ0v) is 15.9. The van der Waals surface area contributed by atoms with E-state index < -0.39 is 0 Å². The molecule has 0 aliphatic carbocycles. The van der Waals surface area contributed by atoms with Crippen LogP contribution in [-0.4, -0.2) is 29.0 Å². The Labute approximate surface area is 164 Å². The van der Waals surface area contributed by atoms with Gasteiger partial charge in [0.25, 0.3) is 5.91 Å². The third kappa shape index (κ3) is 4.28. The molecule has 0 bridgehead atoms. The van der Waals surface area contributed by atoms with Crippen LogP contribution in [0.2, 0.25) is 0 Å². The smallest absolute Gasteiger partial charge is 0.258 e. The molecule has 0 radical (unpaired) electrons. The monoisotopic (exact) mass is 373 g/mol. The van der Waals surface area contributed by atoms with E-state index in [9.17, 15) is 4.79 Å². The van der Waals surface area contributed by atoms with E-state index in [2.05, 4.69) is 37.6 Å². The molecule has 1 fully saturated rings. The highest BCUT2D eigenvalue weighted by atomic mass is 16.1. The summed E-state index contributed by atoms with van der Waals surface area (Å²) in [5, 5.41) is 6.03. The van der Waals surface area contributed by atoms with Crippen molar-refractivity contribution >= 4 is 28.9 Å². The molecule has 1 aromatic heterocycles. The van der Waals surface area contributed by atoms with Crippen molar-refractivity contribution in [3.05, 3.63) is 72.1 Å². The van der Waals surface area contributed by atoms with Crippen LogP contribution in [0.4, 0.5) is 23.0 Å². The molecule has 142 valence electrons. The molecule has 0 atom stereocenters. The topological polar surface area (TPSA) is 70.2 Å². The lowest BCUT2D eigenvalue weighted by Gasteiger charge is -2.17. The van der Waals surface area contributed by atoms with E-state index in [1.165, 1.54) is 30.9 Å². The van der Waals surface area contributed by atoms with E-state index in [1.54, 1.807) is 0 Å². The minimum atomic E-state index is -0.230. The number of rotatable bonds is 5. The third-order valence-corrected chi connectivity index (χ3v) is 4.78. The van der Waals surface area contributed by atoms with Gasteiger partial charge in [0, 0.05) is 42.5 Å². The number of aromatic nitrogens is 2. The standard InChI is InChI=1S/C22H23N5O/c1-16-5-4-6-19(13-16)25-21(28)17-14-23-22(24-15-17)26-18-7-9-20(10-8-18)27-11-2-3-12-27/h4-10,13-15H,2-3,11-12H2,1H3,(H,25,28)(H,23,24,26). The van der Waals surface area contributed by atoms with Gasteiger partial charge in [0.1, 0.15) is 0 Å². The van der Waals surface area contributed by atoms with Crippen LogP contribution >= 0.6 is 0 Å². The number of aryl methyl sites for hydroxylation is 1. The van der Waals surface area contributed by atoms with Gasteiger partial charge in [-0.3, -0.25) is 4.79 Å². The fraction of sp³-hybridized carbons (Fsp3) is 0.227. The molecule has 0 saturated carbocycles. The number of carbonyl (C=O) groups excluding carboxylic acids is 1. The molecule has 28 heavy (non-hydrogen) atoms. The van der Waals surface area contributed by atoms with Gasteiger partial charge in [0.2, 0.25) is 5.95 Å². The largest absolute Gasteiger partial charge is 0.372 e. The molecule has 1 aliphatic rings. The number of carbonyl (C=O) groups is 1. The predicted molar refractivity (Wildman–Crippen MR) is 112 cm³/mol. The molecule has 3 aromatic rings. The van der Waals surface area contributed by atoms with Gasteiger partial charge in [-0.15, -0.1) is 0 Å². The number of nitrogens with zero attached hydrogens (tertiary/aromatic N) is 3. The molecule has 6 nitrogen and oxygen atoms in total. The minimum absolute atomic E-state index is 0.230. The molecular weight excluding hydrogens is 350 g/mol. The minimum Gasteiger partial charge on any atom is -0.372 e. The molecule has 2 N–H and O–H groups in total. The summed E-state index contributed by atoms with van der Waals surface area (Å²) in [6, 6.07) is 15.9. The Morgan fingerprint density at radius 2 is 1.68 bits per heavy atom. The summed E-state index contributed by atoms with van der Waals surface area (Å²) in [4.78, 5) is 23.3. The van der Waals surface area contributed by atoms with Gasteiger partial charge in [-0.25, -0.2) is 9.97 Å². The Morgan fingerprint density at radius 3 is 2.36 bits per heavy atom. The Morgan fingerprint density at radius 1 is 0.964 bits per heavy atom. The van der Waals surface area contributed by atoms with E-state index in [1.807, 2.05) is 43.3 Å². The summed E-state index contributed by atoms with van der Waals surface area (Å²) in [6.07, 6.45) is 5.58. The summed E-state index contributed by atoms with van der Waals surface area (Å²) in [5.41, 5.74) is 4.41. The van der Waals surface area contributed by atoms with Crippen molar-refractivity contribution in [1.29, 1.82) is 0 Å². The molecule has 6 heteroatoms. The van der Waals surface area contributed by atoms with Gasteiger partial charge in [0.05, 0.1) is 5.56 Å². The summed E-state index contributed by atoms with van der Waals surface area (Å²) >= 11 is 0. The highest BCUT2D eigenvalue weighted by Crippen LogP contribution is 2.23. The lowest BCUT2D eigenvalue weighted by Crippen LogP contribution is -2.17. The molecule has 1 aliphatic heterocycles. The second kappa shape index (κ2) is 8.08. The molecular formula is C22H23N5O. The summed E-state index contributed by atoms with van der Waals surface area (Å²) < 4.78 is 0. The van der Waals surface area contributed by atoms with Crippen LogP contribution in [-0.2, 0) is 0 Å². The first-order chi connectivity index (χ1) is 13.7. The average molecular weight is 373 g/mol. The Hall–Kier alpha value is -3.41. The maximum atomic E-state index is 12.3. The molecule has 2 heterocycles. The highest BCUT2D eigenvalue weighted by molar-refractivity contribution is 6.03. The zero-order chi connectivity index (χ0) is 19.3. The zero-order valence-electron chi connectivity index (χ0n) is 15.9. The summed E-state index contributed by atoms with van der Waals surface area (Å²) in [5.74, 6) is 0.230. The summed E-state index contributed by atoms with van der Waals surface area (Å²) in [6.45, 7) is 4.24. The molecule has 4 rings (SSSR count). The number of hydrogen-bond donors (Lipinski definition) is 2.